The van der Waals surface area contributed by atoms with Crippen LogP contribution in [0.4, 0.5) is 0 Å². The summed E-state index contributed by atoms with van der Waals surface area (Å²) in [6.07, 6.45) is 11.1. The first-order chi connectivity index (χ1) is 17.8. The standard InChI is InChI=1S/C33H60O6/c1-13-23-17-25(36-31(7,8)34-23)19-27-21-28(39-33(11,12)38-27)20-26-18-24(35-32(9,10)37-26)15-16-30(5,6)22-29(3,4)14-2/h13,23-28H,1,14-22H2,2-12H3. The molecule has 0 aromatic rings. The van der Waals surface area contributed by atoms with Gasteiger partial charge in [-0.05, 0) is 71.6 Å². The molecular weight excluding hydrogens is 492 g/mol. The van der Waals surface area contributed by atoms with Crippen LogP contribution >= 0.6 is 0 Å². The number of hydrogen-bond donors (Lipinski definition) is 0. The van der Waals surface area contributed by atoms with E-state index in [9.17, 15) is 0 Å². The van der Waals surface area contributed by atoms with Crippen LogP contribution in [0.3, 0.4) is 0 Å². The zero-order valence-electron chi connectivity index (χ0n) is 27.1. The fraction of sp³-hybridized carbons (Fsp3) is 0.939. The molecule has 0 saturated carbocycles. The SMILES string of the molecule is C=CC1CC(CC2CC(CC3CC(CCC(C)(C)CC(C)(C)CC)OC(C)(C)O3)OC(C)(C)O2)OC(C)(C)O1. The average molecular weight is 553 g/mol. The Kier molecular flexibility index (Phi) is 10.5. The van der Waals surface area contributed by atoms with E-state index in [4.69, 9.17) is 28.4 Å². The first-order valence-corrected chi connectivity index (χ1v) is 15.5. The van der Waals surface area contributed by atoms with Crippen LogP contribution in [0.15, 0.2) is 12.7 Å². The van der Waals surface area contributed by atoms with E-state index in [0.29, 0.717) is 5.41 Å². The van der Waals surface area contributed by atoms with Gasteiger partial charge in [0.2, 0.25) is 0 Å². The topological polar surface area (TPSA) is 55.4 Å². The number of hydrogen-bond acceptors (Lipinski definition) is 6. The highest BCUT2D eigenvalue weighted by molar-refractivity contribution is 4.91. The maximum Gasteiger partial charge on any atom is 0.163 e. The van der Waals surface area contributed by atoms with Crippen LogP contribution in [0.5, 0.6) is 0 Å². The summed E-state index contributed by atoms with van der Waals surface area (Å²) in [5, 5.41) is 0. The summed E-state index contributed by atoms with van der Waals surface area (Å²) in [6.45, 7) is 27.9. The summed E-state index contributed by atoms with van der Waals surface area (Å²) in [4.78, 5) is 0. The molecule has 6 nitrogen and oxygen atoms in total. The van der Waals surface area contributed by atoms with E-state index in [1.165, 1.54) is 12.8 Å². The molecule has 39 heavy (non-hydrogen) atoms. The van der Waals surface area contributed by atoms with Crippen molar-refractivity contribution in [2.24, 2.45) is 10.8 Å². The summed E-state index contributed by atoms with van der Waals surface area (Å²) in [7, 11) is 0. The van der Waals surface area contributed by atoms with Crippen LogP contribution in [0.25, 0.3) is 0 Å². The van der Waals surface area contributed by atoms with Gasteiger partial charge in [-0.1, -0.05) is 47.1 Å². The monoisotopic (exact) mass is 552 g/mol. The quantitative estimate of drug-likeness (QED) is 0.240. The molecule has 0 N–H and O–H groups in total. The molecule has 3 fully saturated rings. The predicted molar refractivity (Wildman–Crippen MR) is 156 cm³/mol. The molecule has 0 aromatic carbocycles. The van der Waals surface area contributed by atoms with Gasteiger partial charge in [0.25, 0.3) is 0 Å². The van der Waals surface area contributed by atoms with Crippen molar-refractivity contribution < 1.29 is 28.4 Å². The van der Waals surface area contributed by atoms with Gasteiger partial charge >= 0.3 is 0 Å². The minimum absolute atomic E-state index is 0.00442. The minimum Gasteiger partial charge on any atom is -0.347 e. The highest BCUT2D eigenvalue weighted by Gasteiger charge is 2.43. The molecule has 0 radical (unpaired) electrons. The molecule has 0 bridgehead atoms. The van der Waals surface area contributed by atoms with E-state index in [0.717, 1.165) is 44.9 Å². The Bertz CT molecular complexity index is 800. The third-order valence-corrected chi connectivity index (χ3v) is 8.61. The van der Waals surface area contributed by atoms with E-state index in [2.05, 4.69) is 55.0 Å². The smallest absolute Gasteiger partial charge is 0.163 e. The van der Waals surface area contributed by atoms with Crippen LogP contribution in [0.1, 0.15) is 134 Å². The lowest BCUT2D eigenvalue weighted by Crippen LogP contribution is -2.51. The molecule has 0 aliphatic carbocycles. The lowest BCUT2D eigenvalue weighted by molar-refractivity contribution is -0.333. The average Bonchev–Trinajstić information content (AvgIpc) is 2.73. The maximum atomic E-state index is 6.45. The Labute approximate surface area is 239 Å². The van der Waals surface area contributed by atoms with Crippen LogP contribution in [-0.4, -0.2) is 54.0 Å². The van der Waals surface area contributed by atoms with E-state index in [-0.39, 0.29) is 42.0 Å². The molecule has 3 heterocycles. The third kappa shape index (κ3) is 10.7. The summed E-state index contributed by atoms with van der Waals surface area (Å²) in [5.74, 6) is -1.87. The Balaban J connectivity index is 1.59. The molecular formula is C33H60O6. The Morgan fingerprint density at radius 1 is 0.641 bits per heavy atom. The van der Waals surface area contributed by atoms with Crippen LogP contribution in [-0.2, 0) is 28.4 Å². The lowest BCUT2D eigenvalue weighted by atomic mass is 9.71. The van der Waals surface area contributed by atoms with Crippen molar-refractivity contribution in [3.63, 3.8) is 0 Å². The highest BCUT2D eigenvalue weighted by atomic mass is 16.7. The molecule has 3 aliphatic heterocycles. The summed E-state index contributed by atoms with van der Waals surface area (Å²) < 4.78 is 37.9. The molecule has 3 saturated heterocycles. The largest absolute Gasteiger partial charge is 0.347 e. The van der Waals surface area contributed by atoms with Crippen molar-refractivity contribution in [1.82, 2.24) is 0 Å². The third-order valence-electron chi connectivity index (χ3n) is 8.61. The van der Waals surface area contributed by atoms with Crippen LogP contribution in [0.2, 0.25) is 0 Å². The fourth-order valence-electron chi connectivity index (χ4n) is 7.13. The molecule has 0 aromatic heterocycles. The van der Waals surface area contributed by atoms with Crippen molar-refractivity contribution in [3.8, 4) is 0 Å². The first-order valence-electron chi connectivity index (χ1n) is 15.5. The first kappa shape index (κ1) is 33.0. The summed E-state index contributed by atoms with van der Waals surface area (Å²) >= 11 is 0. The molecule has 3 rings (SSSR count). The second kappa shape index (κ2) is 12.4. The van der Waals surface area contributed by atoms with E-state index in [1.54, 1.807) is 0 Å². The van der Waals surface area contributed by atoms with Gasteiger partial charge < -0.3 is 28.4 Å². The highest BCUT2D eigenvalue weighted by Crippen LogP contribution is 2.42. The van der Waals surface area contributed by atoms with Crippen molar-refractivity contribution in [3.05, 3.63) is 12.7 Å². The Hall–Kier alpha value is -0.500. The van der Waals surface area contributed by atoms with Crippen molar-refractivity contribution in [2.45, 2.75) is 188 Å². The molecule has 228 valence electrons. The molecule has 6 atom stereocenters. The van der Waals surface area contributed by atoms with Crippen molar-refractivity contribution >= 4 is 0 Å². The van der Waals surface area contributed by atoms with Crippen molar-refractivity contribution in [1.29, 1.82) is 0 Å². The van der Waals surface area contributed by atoms with Gasteiger partial charge in [-0.25, -0.2) is 0 Å². The second-order valence-electron chi connectivity index (χ2n) is 15.4. The molecule has 6 unspecified atom stereocenters. The molecule has 0 spiro atoms. The van der Waals surface area contributed by atoms with E-state index in [1.807, 2.05) is 33.8 Å². The van der Waals surface area contributed by atoms with Gasteiger partial charge in [-0.2, -0.15) is 0 Å². The van der Waals surface area contributed by atoms with Crippen molar-refractivity contribution in [2.75, 3.05) is 0 Å². The second-order valence-corrected chi connectivity index (χ2v) is 15.4. The molecule has 0 amide bonds. The van der Waals surface area contributed by atoms with Crippen LogP contribution < -0.4 is 0 Å². The summed E-state index contributed by atoms with van der Waals surface area (Å²) in [5.41, 5.74) is 0.650. The Morgan fingerprint density at radius 2 is 1.05 bits per heavy atom. The number of rotatable bonds is 11. The molecule has 3 aliphatic rings. The van der Waals surface area contributed by atoms with Gasteiger partial charge in [0.05, 0.1) is 36.6 Å². The minimum atomic E-state index is -0.650. The van der Waals surface area contributed by atoms with Gasteiger partial charge in [0.15, 0.2) is 17.4 Å². The zero-order chi connectivity index (χ0) is 29.3. The van der Waals surface area contributed by atoms with Gasteiger partial charge in [0, 0.05) is 32.1 Å². The van der Waals surface area contributed by atoms with Gasteiger partial charge in [-0.3, -0.25) is 0 Å². The zero-order valence-corrected chi connectivity index (χ0v) is 27.1. The van der Waals surface area contributed by atoms with Gasteiger partial charge in [0.1, 0.15) is 0 Å². The molecule has 6 heteroatoms. The number of ether oxygens (including phenoxy) is 6. The van der Waals surface area contributed by atoms with Gasteiger partial charge in [-0.15, -0.1) is 6.58 Å². The summed E-state index contributed by atoms with van der Waals surface area (Å²) in [6, 6.07) is 0. The Morgan fingerprint density at radius 3 is 1.51 bits per heavy atom. The normalized spacial score (nSPS) is 34.9. The maximum absolute atomic E-state index is 6.45. The van der Waals surface area contributed by atoms with E-state index < -0.39 is 17.4 Å². The lowest BCUT2D eigenvalue weighted by Gasteiger charge is -2.46. The predicted octanol–water partition coefficient (Wildman–Crippen LogP) is 8.32. The van der Waals surface area contributed by atoms with Crippen LogP contribution in [0, 0.1) is 10.8 Å². The van der Waals surface area contributed by atoms with E-state index >= 15 is 0 Å². The fourth-order valence-corrected chi connectivity index (χ4v) is 7.13.